The van der Waals surface area contributed by atoms with Crippen molar-refractivity contribution in [3.05, 3.63) is 34.3 Å². The van der Waals surface area contributed by atoms with Crippen LogP contribution < -0.4 is 11.1 Å². The van der Waals surface area contributed by atoms with Gasteiger partial charge in [-0.3, -0.25) is 19.4 Å². The van der Waals surface area contributed by atoms with Crippen molar-refractivity contribution < 1.29 is 19.1 Å². The first kappa shape index (κ1) is 27.4. The molecule has 0 aromatic heterocycles. The first-order chi connectivity index (χ1) is 16.6. The third kappa shape index (κ3) is 7.66. The monoisotopic (exact) mass is 506 g/mol. The molecule has 1 saturated carbocycles. The summed E-state index contributed by atoms with van der Waals surface area (Å²) >= 11 is 6.30. The maximum absolute atomic E-state index is 13.7. The standard InChI is InChI=1S/C26H39ClN4O4/c1-26(2,3)35-25(34)29-16-18-11-12-20(27)14-19(18)17-30-13-7-10-22(30)24(33)31(23(32)15-28)21-8-5-4-6-9-21/h11-12,14,21-22H,4-10,13,15-17,28H2,1-3H3,(H,29,34)/t22-/m0/s1. The minimum atomic E-state index is -0.582. The lowest BCUT2D eigenvalue weighted by Crippen LogP contribution is -2.54. The number of alkyl carbamates (subject to hydrolysis) is 1. The van der Waals surface area contributed by atoms with Gasteiger partial charge in [0.2, 0.25) is 11.8 Å². The van der Waals surface area contributed by atoms with Crippen molar-refractivity contribution in [1.29, 1.82) is 0 Å². The SMILES string of the molecule is CC(C)(C)OC(=O)NCc1ccc(Cl)cc1CN1CCC[C@H]1C(=O)N(C(=O)CN)C1CCCCC1. The summed E-state index contributed by atoms with van der Waals surface area (Å²) in [5.74, 6) is -0.431. The van der Waals surface area contributed by atoms with Crippen LogP contribution in [-0.2, 0) is 27.4 Å². The van der Waals surface area contributed by atoms with Gasteiger partial charge in [0.25, 0.3) is 0 Å². The molecule has 3 N–H and O–H groups in total. The fraction of sp³-hybridized carbons (Fsp3) is 0.654. The zero-order chi connectivity index (χ0) is 25.6. The number of likely N-dealkylation sites (tertiary alicyclic amines) is 1. The molecule has 0 spiro atoms. The molecule has 2 aliphatic rings. The van der Waals surface area contributed by atoms with E-state index in [0.29, 0.717) is 18.0 Å². The zero-order valence-corrected chi connectivity index (χ0v) is 21.9. The molecule has 194 valence electrons. The number of imide groups is 1. The number of halogens is 1. The first-order valence-electron chi connectivity index (χ1n) is 12.6. The minimum absolute atomic E-state index is 0.0606. The summed E-state index contributed by atoms with van der Waals surface area (Å²) in [7, 11) is 0. The van der Waals surface area contributed by atoms with Gasteiger partial charge in [-0.25, -0.2) is 4.79 Å². The van der Waals surface area contributed by atoms with Crippen LogP contribution in [0.4, 0.5) is 4.79 Å². The number of hydrogen-bond acceptors (Lipinski definition) is 6. The minimum Gasteiger partial charge on any atom is -0.444 e. The van der Waals surface area contributed by atoms with E-state index in [0.717, 1.165) is 56.2 Å². The molecule has 2 fully saturated rings. The summed E-state index contributed by atoms with van der Waals surface area (Å²) in [6.45, 7) is 6.82. The second-order valence-electron chi connectivity index (χ2n) is 10.5. The molecule has 8 nitrogen and oxygen atoms in total. The van der Waals surface area contributed by atoms with E-state index in [1.807, 2.05) is 32.9 Å². The fourth-order valence-corrected chi connectivity index (χ4v) is 5.21. The first-order valence-corrected chi connectivity index (χ1v) is 13.0. The van der Waals surface area contributed by atoms with Crippen LogP contribution in [0, 0.1) is 0 Å². The Morgan fingerprint density at radius 2 is 1.83 bits per heavy atom. The van der Waals surface area contributed by atoms with Crippen molar-refractivity contribution >= 4 is 29.5 Å². The molecule has 0 radical (unpaired) electrons. The normalized spacial score (nSPS) is 19.4. The number of nitrogens with zero attached hydrogens (tertiary/aromatic N) is 2. The maximum atomic E-state index is 13.7. The van der Waals surface area contributed by atoms with Gasteiger partial charge in [-0.05, 0) is 76.3 Å². The molecule has 1 aromatic rings. The Hall–Kier alpha value is -2.16. The van der Waals surface area contributed by atoms with Gasteiger partial charge in [-0.1, -0.05) is 36.9 Å². The van der Waals surface area contributed by atoms with Gasteiger partial charge in [0.15, 0.2) is 0 Å². The molecule has 35 heavy (non-hydrogen) atoms. The maximum Gasteiger partial charge on any atom is 0.407 e. The molecule has 1 heterocycles. The Labute approximate surface area is 213 Å². The predicted octanol–water partition coefficient (Wildman–Crippen LogP) is 3.98. The number of benzene rings is 1. The Morgan fingerprint density at radius 3 is 2.49 bits per heavy atom. The number of rotatable bonds is 7. The molecule has 1 aromatic carbocycles. The summed E-state index contributed by atoms with van der Waals surface area (Å²) in [6.07, 6.45) is 5.96. The largest absolute Gasteiger partial charge is 0.444 e. The summed E-state index contributed by atoms with van der Waals surface area (Å²) < 4.78 is 5.34. The molecule has 1 aliphatic heterocycles. The molecule has 3 rings (SSSR count). The Kier molecular flexibility index (Phi) is 9.55. The lowest BCUT2D eigenvalue weighted by atomic mass is 9.93. The van der Waals surface area contributed by atoms with Crippen molar-refractivity contribution in [2.45, 2.75) is 96.5 Å². The second-order valence-corrected chi connectivity index (χ2v) is 10.9. The summed E-state index contributed by atoms with van der Waals surface area (Å²) in [5, 5.41) is 3.39. The molecular formula is C26H39ClN4O4. The summed E-state index contributed by atoms with van der Waals surface area (Å²) in [5.41, 5.74) is 6.94. The van der Waals surface area contributed by atoms with E-state index < -0.39 is 11.7 Å². The second kappa shape index (κ2) is 12.2. The molecule has 1 atom stereocenters. The van der Waals surface area contributed by atoms with Crippen LogP contribution in [0.2, 0.25) is 5.02 Å². The van der Waals surface area contributed by atoms with Crippen LogP contribution in [0.3, 0.4) is 0 Å². The van der Waals surface area contributed by atoms with Crippen LogP contribution >= 0.6 is 11.6 Å². The highest BCUT2D eigenvalue weighted by Gasteiger charge is 2.39. The average molecular weight is 507 g/mol. The molecular weight excluding hydrogens is 468 g/mol. The third-order valence-electron chi connectivity index (χ3n) is 6.63. The number of carbonyl (C=O) groups excluding carboxylic acids is 3. The van der Waals surface area contributed by atoms with Crippen LogP contribution in [0.15, 0.2) is 18.2 Å². The van der Waals surface area contributed by atoms with Crippen molar-refractivity contribution in [3.8, 4) is 0 Å². The van der Waals surface area contributed by atoms with Gasteiger partial charge in [-0.15, -0.1) is 0 Å². The Balaban J connectivity index is 1.74. The van der Waals surface area contributed by atoms with Gasteiger partial charge in [0, 0.05) is 24.2 Å². The summed E-state index contributed by atoms with van der Waals surface area (Å²) in [6, 6.07) is 5.10. The van der Waals surface area contributed by atoms with Crippen molar-refractivity contribution in [2.24, 2.45) is 5.73 Å². The van der Waals surface area contributed by atoms with Gasteiger partial charge >= 0.3 is 6.09 Å². The molecule has 1 saturated heterocycles. The quantitative estimate of drug-likeness (QED) is 0.579. The number of nitrogens with one attached hydrogen (secondary N) is 1. The lowest BCUT2D eigenvalue weighted by Gasteiger charge is -2.36. The Bertz CT molecular complexity index is 911. The smallest absolute Gasteiger partial charge is 0.407 e. The topological polar surface area (TPSA) is 105 Å². The van der Waals surface area contributed by atoms with Crippen molar-refractivity contribution in [1.82, 2.24) is 15.1 Å². The van der Waals surface area contributed by atoms with E-state index in [4.69, 9.17) is 22.1 Å². The number of nitrogens with two attached hydrogens (primary N) is 1. The van der Waals surface area contributed by atoms with Gasteiger partial charge in [0.05, 0.1) is 12.6 Å². The molecule has 0 bridgehead atoms. The van der Waals surface area contributed by atoms with Crippen molar-refractivity contribution in [2.75, 3.05) is 13.1 Å². The molecule has 3 amide bonds. The Morgan fingerprint density at radius 1 is 1.11 bits per heavy atom. The van der Waals surface area contributed by atoms with E-state index in [-0.39, 0.29) is 37.0 Å². The zero-order valence-electron chi connectivity index (χ0n) is 21.1. The van der Waals surface area contributed by atoms with E-state index in [1.54, 1.807) is 6.07 Å². The van der Waals surface area contributed by atoms with E-state index in [1.165, 1.54) is 4.90 Å². The van der Waals surface area contributed by atoms with Crippen LogP contribution in [-0.4, -0.2) is 58.5 Å². The van der Waals surface area contributed by atoms with Crippen LogP contribution in [0.5, 0.6) is 0 Å². The number of carbonyl (C=O) groups is 3. The number of ether oxygens (including phenoxy) is 1. The highest BCUT2D eigenvalue weighted by Crippen LogP contribution is 2.29. The molecule has 0 unspecified atom stereocenters. The number of amides is 3. The average Bonchev–Trinajstić information content (AvgIpc) is 3.26. The lowest BCUT2D eigenvalue weighted by molar-refractivity contribution is -0.150. The van der Waals surface area contributed by atoms with Gasteiger partial charge < -0.3 is 15.8 Å². The predicted molar refractivity (Wildman–Crippen MR) is 136 cm³/mol. The van der Waals surface area contributed by atoms with E-state index in [2.05, 4.69) is 10.2 Å². The van der Waals surface area contributed by atoms with E-state index >= 15 is 0 Å². The van der Waals surface area contributed by atoms with E-state index in [9.17, 15) is 14.4 Å². The third-order valence-corrected chi connectivity index (χ3v) is 6.87. The van der Waals surface area contributed by atoms with Gasteiger partial charge in [-0.2, -0.15) is 0 Å². The van der Waals surface area contributed by atoms with Crippen LogP contribution in [0.1, 0.15) is 76.8 Å². The highest BCUT2D eigenvalue weighted by atomic mass is 35.5. The van der Waals surface area contributed by atoms with Crippen molar-refractivity contribution in [3.63, 3.8) is 0 Å². The molecule has 9 heteroatoms. The fourth-order valence-electron chi connectivity index (χ4n) is 5.01. The summed E-state index contributed by atoms with van der Waals surface area (Å²) in [4.78, 5) is 42.1. The number of hydrogen-bond donors (Lipinski definition) is 2. The molecule has 1 aliphatic carbocycles. The van der Waals surface area contributed by atoms with Crippen LogP contribution in [0.25, 0.3) is 0 Å². The van der Waals surface area contributed by atoms with Gasteiger partial charge in [0.1, 0.15) is 5.60 Å². The highest BCUT2D eigenvalue weighted by molar-refractivity contribution is 6.30.